The van der Waals surface area contributed by atoms with E-state index >= 15 is 0 Å². The van der Waals surface area contributed by atoms with Gasteiger partial charge in [-0.25, -0.2) is 9.97 Å². The second-order valence-electron chi connectivity index (χ2n) is 4.05. The fourth-order valence-electron chi connectivity index (χ4n) is 1.88. The zero-order valence-electron chi connectivity index (χ0n) is 9.62. The van der Waals surface area contributed by atoms with Gasteiger partial charge in [-0.05, 0) is 18.5 Å². The smallest absolute Gasteiger partial charge is 0.268 e. The molecule has 0 atom stereocenters. The van der Waals surface area contributed by atoms with Gasteiger partial charge in [0.25, 0.3) is 5.91 Å². The number of amides is 1. The Morgan fingerprint density at radius 2 is 2.33 bits per heavy atom. The molecule has 0 spiro atoms. The summed E-state index contributed by atoms with van der Waals surface area (Å²) in [5, 5.41) is 3.85. The first kappa shape index (κ1) is 11.0. The Morgan fingerprint density at radius 3 is 3.06 bits per heavy atom. The maximum atomic E-state index is 12.3. The Labute approximate surface area is 107 Å². The van der Waals surface area contributed by atoms with Gasteiger partial charge in [0.2, 0.25) is 5.95 Å². The maximum Gasteiger partial charge on any atom is 0.268 e. The van der Waals surface area contributed by atoms with Crippen molar-refractivity contribution in [3.63, 3.8) is 0 Å². The highest BCUT2D eigenvalue weighted by Gasteiger charge is 2.28. The van der Waals surface area contributed by atoms with Gasteiger partial charge in [0.1, 0.15) is 4.88 Å². The van der Waals surface area contributed by atoms with Crippen LogP contribution in [-0.2, 0) is 13.1 Å². The van der Waals surface area contributed by atoms with E-state index in [0.29, 0.717) is 23.7 Å². The lowest BCUT2D eigenvalue weighted by Crippen LogP contribution is -2.25. The average Bonchev–Trinajstić information content (AvgIpc) is 2.93. The first-order valence-corrected chi connectivity index (χ1v) is 6.11. The number of fused-ring (bicyclic) bond motifs is 1. The van der Waals surface area contributed by atoms with Crippen molar-refractivity contribution in [1.82, 2.24) is 24.5 Å². The third-order valence-electron chi connectivity index (χ3n) is 2.81. The van der Waals surface area contributed by atoms with Gasteiger partial charge < -0.3 is 10.6 Å². The molecule has 0 aliphatic carbocycles. The Hall–Kier alpha value is -2.09. The molecule has 2 aromatic heterocycles. The van der Waals surface area contributed by atoms with Crippen molar-refractivity contribution in [2.24, 2.45) is 0 Å². The van der Waals surface area contributed by atoms with E-state index in [2.05, 4.69) is 19.6 Å². The lowest BCUT2D eigenvalue weighted by Gasteiger charge is -2.13. The van der Waals surface area contributed by atoms with E-state index in [1.807, 2.05) is 0 Å². The zero-order valence-corrected chi connectivity index (χ0v) is 10.4. The molecule has 0 radical (unpaired) electrons. The van der Waals surface area contributed by atoms with E-state index in [0.717, 1.165) is 22.8 Å². The van der Waals surface area contributed by atoms with Gasteiger partial charge in [0.15, 0.2) is 0 Å². The first-order valence-electron chi connectivity index (χ1n) is 5.33. The third-order valence-corrected chi connectivity index (χ3v) is 3.62. The Morgan fingerprint density at radius 1 is 1.50 bits per heavy atom. The predicted octanol–water partition coefficient (Wildman–Crippen LogP) is 0.375. The van der Waals surface area contributed by atoms with Crippen LogP contribution in [0.15, 0.2) is 6.20 Å². The quantitative estimate of drug-likeness (QED) is 0.797. The number of aryl methyl sites for hydroxylation is 1. The number of nitrogens with zero attached hydrogens (tertiary/aromatic N) is 5. The van der Waals surface area contributed by atoms with Crippen LogP contribution in [0.2, 0.25) is 0 Å². The summed E-state index contributed by atoms with van der Waals surface area (Å²) < 4.78 is 3.77. The number of carbonyl (C=O) groups is 1. The Bertz CT molecular complexity index is 625. The fraction of sp³-hybridized carbons (Fsp3) is 0.300. The van der Waals surface area contributed by atoms with Gasteiger partial charge in [-0.3, -0.25) is 4.79 Å². The average molecular weight is 262 g/mol. The van der Waals surface area contributed by atoms with Crippen LogP contribution in [0.25, 0.3) is 0 Å². The Balaban J connectivity index is 1.86. The summed E-state index contributed by atoms with van der Waals surface area (Å²) in [5.74, 6) is 0.165. The minimum absolute atomic E-state index is 0.0703. The van der Waals surface area contributed by atoms with Crippen LogP contribution in [0.4, 0.5) is 5.95 Å². The summed E-state index contributed by atoms with van der Waals surface area (Å²) in [6.45, 7) is 2.74. The molecule has 2 aromatic rings. The third kappa shape index (κ3) is 1.70. The van der Waals surface area contributed by atoms with Gasteiger partial charge in [-0.15, -0.1) is 5.10 Å². The van der Waals surface area contributed by atoms with Crippen LogP contribution in [0, 0.1) is 6.92 Å². The number of anilines is 1. The van der Waals surface area contributed by atoms with Crippen LogP contribution in [0.1, 0.15) is 26.6 Å². The van der Waals surface area contributed by atoms with E-state index in [-0.39, 0.29) is 11.9 Å². The van der Waals surface area contributed by atoms with Crippen LogP contribution < -0.4 is 5.73 Å². The van der Waals surface area contributed by atoms with Gasteiger partial charge >= 0.3 is 0 Å². The molecule has 0 aromatic carbocycles. The largest absolute Gasteiger partial charge is 0.368 e. The van der Waals surface area contributed by atoms with Crippen molar-refractivity contribution < 1.29 is 4.79 Å². The minimum Gasteiger partial charge on any atom is -0.368 e. The monoisotopic (exact) mass is 262 g/mol. The molecule has 2 N–H and O–H groups in total. The van der Waals surface area contributed by atoms with Crippen molar-refractivity contribution in [2.45, 2.75) is 20.0 Å². The standard InChI is InChI=1S/C10H10N6OS/c1-5-8(18-15-14-5)9(17)16-3-6-2-12-10(11)13-7(6)4-16/h2H,3-4H2,1H3,(H2,11,12,13). The summed E-state index contributed by atoms with van der Waals surface area (Å²) in [4.78, 5) is 22.6. The number of nitrogen functional groups attached to an aromatic ring is 1. The van der Waals surface area contributed by atoms with Crippen LogP contribution >= 0.6 is 11.5 Å². The highest BCUT2D eigenvalue weighted by Crippen LogP contribution is 2.24. The predicted molar refractivity (Wildman–Crippen MR) is 64.7 cm³/mol. The summed E-state index contributed by atoms with van der Waals surface area (Å²) in [6, 6.07) is 0. The summed E-state index contributed by atoms with van der Waals surface area (Å²) in [5.41, 5.74) is 7.94. The molecule has 18 heavy (non-hydrogen) atoms. The lowest BCUT2D eigenvalue weighted by molar-refractivity contribution is 0.0754. The number of carbonyl (C=O) groups excluding carboxylic acids is 1. The van der Waals surface area contributed by atoms with Crippen molar-refractivity contribution in [3.05, 3.63) is 28.0 Å². The molecule has 92 valence electrons. The number of hydrogen-bond donors (Lipinski definition) is 1. The molecule has 1 aliphatic heterocycles. The van der Waals surface area contributed by atoms with E-state index in [1.54, 1.807) is 18.0 Å². The zero-order chi connectivity index (χ0) is 12.7. The van der Waals surface area contributed by atoms with Gasteiger partial charge in [0.05, 0.1) is 17.9 Å². The molecule has 0 fully saturated rings. The lowest BCUT2D eigenvalue weighted by atomic mass is 10.3. The van der Waals surface area contributed by atoms with Crippen LogP contribution in [-0.4, -0.2) is 30.4 Å². The minimum atomic E-state index is -0.0703. The normalized spacial score (nSPS) is 13.7. The molecular weight excluding hydrogens is 252 g/mol. The summed E-state index contributed by atoms with van der Waals surface area (Å²) >= 11 is 1.11. The highest BCUT2D eigenvalue weighted by molar-refractivity contribution is 7.07. The molecule has 1 aliphatic rings. The van der Waals surface area contributed by atoms with Crippen LogP contribution in [0.3, 0.4) is 0 Å². The molecule has 3 rings (SSSR count). The molecule has 0 saturated carbocycles. The van der Waals surface area contributed by atoms with Gasteiger partial charge in [0, 0.05) is 18.3 Å². The number of rotatable bonds is 1. The second-order valence-corrected chi connectivity index (χ2v) is 4.80. The summed E-state index contributed by atoms with van der Waals surface area (Å²) in [6.07, 6.45) is 1.67. The molecule has 8 heteroatoms. The van der Waals surface area contributed by atoms with E-state index < -0.39 is 0 Å². The summed E-state index contributed by atoms with van der Waals surface area (Å²) in [7, 11) is 0. The van der Waals surface area contributed by atoms with E-state index in [4.69, 9.17) is 5.73 Å². The van der Waals surface area contributed by atoms with Gasteiger partial charge in [-0.1, -0.05) is 4.49 Å². The molecule has 0 unspecified atom stereocenters. The van der Waals surface area contributed by atoms with Crippen LogP contribution in [0.5, 0.6) is 0 Å². The maximum absolute atomic E-state index is 12.3. The molecule has 7 nitrogen and oxygen atoms in total. The molecule has 3 heterocycles. The SMILES string of the molecule is Cc1nnsc1C(=O)N1Cc2cnc(N)nc2C1. The van der Waals surface area contributed by atoms with Crippen molar-refractivity contribution in [1.29, 1.82) is 0 Å². The molecule has 0 saturated heterocycles. The molecule has 0 bridgehead atoms. The van der Waals surface area contributed by atoms with Crippen molar-refractivity contribution in [3.8, 4) is 0 Å². The van der Waals surface area contributed by atoms with E-state index in [9.17, 15) is 4.79 Å². The molecule has 1 amide bonds. The first-order chi connectivity index (χ1) is 8.65. The van der Waals surface area contributed by atoms with E-state index in [1.165, 1.54) is 0 Å². The fourth-order valence-corrected chi connectivity index (χ4v) is 2.51. The number of nitrogens with two attached hydrogens (primary N) is 1. The number of aromatic nitrogens is 4. The molecular formula is C10H10N6OS. The van der Waals surface area contributed by atoms with Crippen molar-refractivity contribution in [2.75, 3.05) is 5.73 Å². The van der Waals surface area contributed by atoms with Gasteiger partial charge in [-0.2, -0.15) is 0 Å². The Kier molecular flexibility index (Phi) is 2.44. The van der Waals surface area contributed by atoms with Crippen molar-refractivity contribution >= 4 is 23.4 Å². The topological polar surface area (TPSA) is 97.9 Å². The number of hydrogen-bond acceptors (Lipinski definition) is 7. The highest BCUT2D eigenvalue weighted by atomic mass is 32.1. The second kappa shape index (κ2) is 3.98.